The molecule has 0 aliphatic carbocycles. The van der Waals surface area contributed by atoms with Crippen LogP contribution in [0.15, 0.2) is 73.1 Å². The van der Waals surface area contributed by atoms with Crippen molar-refractivity contribution in [3.05, 3.63) is 84.2 Å². The van der Waals surface area contributed by atoms with Crippen molar-refractivity contribution in [2.75, 3.05) is 16.9 Å². The van der Waals surface area contributed by atoms with Crippen LogP contribution in [-0.2, 0) is 9.59 Å². The zero-order valence-electron chi connectivity index (χ0n) is 16.5. The SMILES string of the molecule is N#Cc1ccc(NC(=O)C2CSCN2C(=O)/C=C/c2cnn(-c3ccccc3)c2)cc1. The fourth-order valence-electron chi connectivity index (χ4n) is 3.14. The number of para-hydroxylation sites is 1. The van der Waals surface area contributed by atoms with Crippen molar-refractivity contribution in [2.24, 2.45) is 0 Å². The number of aromatic nitrogens is 2. The van der Waals surface area contributed by atoms with E-state index in [1.165, 1.54) is 17.8 Å². The molecule has 0 spiro atoms. The van der Waals surface area contributed by atoms with Gasteiger partial charge in [-0.15, -0.1) is 11.8 Å². The second-order valence-corrected chi connectivity index (χ2v) is 7.89. The largest absolute Gasteiger partial charge is 0.324 e. The minimum absolute atomic E-state index is 0.225. The highest BCUT2D eigenvalue weighted by atomic mass is 32.2. The molecule has 154 valence electrons. The lowest BCUT2D eigenvalue weighted by Gasteiger charge is -2.21. The maximum absolute atomic E-state index is 12.7. The van der Waals surface area contributed by atoms with Crippen LogP contribution in [-0.4, -0.2) is 44.2 Å². The number of anilines is 1. The van der Waals surface area contributed by atoms with Crippen LogP contribution in [0.3, 0.4) is 0 Å². The molecule has 1 unspecified atom stereocenters. The van der Waals surface area contributed by atoms with Gasteiger partial charge in [0.25, 0.3) is 0 Å². The summed E-state index contributed by atoms with van der Waals surface area (Å²) < 4.78 is 1.74. The van der Waals surface area contributed by atoms with Crippen LogP contribution in [0, 0.1) is 11.3 Å². The van der Waals surface area contributed by atoms with E-state index in [2.05, 4.69) is 10.4 Å². The summed E-state index contributed by atoms with van der Waals surface area (Å²) in [5.41, 5.74) is 2.84. The van der Waals surface area contributed by atoms with Crippen LogP contribution < -0.4 is 5.32 Å². The zero-order valence-corrected chi connectivity index (χ0v) is 17.3. The molecule has 8 heteroatoms. The van der Waals surface area contributed by atoms with E-state index in [0.717, 1.165) is 11.3 Å². The Balaban J connectivity index is 1.40. The van der Waals surface area contributed by atoms with Crippen molar-refractivity contribution in [3.63, 3.8) is 0 Å². The van der Waals surface area contributed by atoms with Crippen molar-refractivity contribution in [1.29, 1.82) is 5.26 Å². The highest BCUT2D eigenvalue weighted by molar-refractivity contribution is 7.99. The van der Waals surface area contributed by atoms with Crippen LogP contribution in [0.25, 0.3) is 11.8 Å². The topological polar surface area (TPSA) is 91.0 Å². The third-order valence-electron chi connectivity index (χ3n) is 4.79. The number of carbonyl (C=O) groups is 2. The lowest BCUT2D eigenvalue weighted by atomic mass is 10.2. The molecule has 1 atom stereocenters. The van der Waals surface area contributed by atoms with Gasteiger partial charge in [-0.2, -0.15) is 10.4 Å². The molecule has 7 nitrogen and oxygen atoms in total. The maximum Gasteiger partial charge on any atom is 0.248 e. The van der Waals surface area contributed by atoms with Crippen LogP contribution in [0.5, 0.6) is 0 Å². The summed E-state index contributed by atoms with van der Waals surface area (Å²) in [4.78, 5) is 27.0. The molecule has 2 heterocycles. The number of benzene rings is 2. The minimum atomic E-state index is -0.551. The first-order valence-electron chi connectivity index (χ1n) is 9.61. The number of hydrogen-bond acceptors (Lipinski definition) is 5. The fourth-order valence-corrected chi connectivity index (χ4v) is 4.30. The van der Waals surface area contributed by atoms with Gasteiger partial charge in [-0.25, -0.2) is 4.68 Å². The molecule has 2 amide bonds. The second-order valence-electron chi connectivity index (χ2n) is 6.89. The Labute approximate surface area is 184 Å². The third kappa shape index (κ3) is 4.85. The summed E-state index contributed by atoms with van der Waals surface area (Å²) in [7, 11) is 0. The molecule has 1 aromatic heterocycles. The van der Waals surface area contributed by atoms with E-state index < -0.39 is 6.04 Å². The first kappa shape index (κ1) is 20.4. The molecular formula is C23H19N5O2S. The van der Waals surface area contributed by atoms with Crippen LogP contribution in [0.1, 0.15) is 11.1 Å². The molecule has 3 aromatic rings. The number of thioether (sulfide) groups is 1. The third-order valence-corrected chi connectivity index (χ3v) is 5.80. The summed E-state index contributed by atoms with van der Waals surface area (Å²) >= 11 is 1.54. The van der Waals surface area contributed by atoms with Gasteiger partial charge in [-0.3, -0.25) is 9.59 Å². The quantitative estimate of drug-likeness (QED) is 0.629. The number of carbonyl (C=O) groups excluding carboxylic acids is 2. The Bertz CT molecular complexity index is 1150. The monoisotopic (exact) mass is 429 g/mol. The number of nitrogens with one attached hydrogen (secondary N) is 1. The summed E-state index contributed by atoms with van der Waals surface area (Å²) in [6.07, 6.45) is 6.70. The maximum atomic E-state index is 12.7. The van der Waals surface area contributed by atoms with E-state index in [9.17, 15) is 9.59 Å². The predicted octanol–water partition coefficient (Wildman–Crippen LogP) is 3.30. The number of nitriles is 1. The minimum Gasteiger partial charge on any atom is -0.324 e. The fraction of sp³-hybridized carbons (Fsp3) is 0.130. The average Bonchev–Trinajstić information content (AvgIpc) is 3.49. The zero-order chi connectivity index (χ0) is 21.6. The van der Waals surface area contributed by atoms with E-state index in [1.54, 1.807) is 46.1 Å². The van der Waals surface area contributed by atoms with Gasteiger partial charge in [-0.05, 0) is 42.5 Å². The Morgan fingerprint density at radius 3 is 2.68 bits per heavy atom. The predicted molar refractivity (Wildman–Crippen MR) is 120 cm³/mol. The molecule has 1 fully saturated rings. The van der Waals surface area contributed by atoms with E-state index >= 15 is 0 Å². The van der Waals surface area contributed by atoms with E-state index in [4.69, 9.17) is 5.26 Å². The molecular weight excluding hydrogens is 410 g/mol. The lowest BCUT2D eigenvalue weighted by molar-refractivity contribution is -0.132. The Morgan fingerprint density at radius 2 is 1.94 bits per heavy atom. The normalized spacial score (nSPS) is 15.7. The summed E-state index contributed by atoms with van der Waals surface area (Å²) in [5.74, 6) is 0.525. The molecule has 31 heavy (non-hydrogen) atoms. The van der Waals surface area contributed by atoms with Crippen molar-refractivity contribution >= 4 is 35.3 Å². The van der Waals surface area contributed by atoms with E-state index in [-0.39, 0.29) is 11.8 Å². The van der Waals surface area contributed by atoms with Gasteiger partial charge in [0.2, 0.25) is 11.8 Å². The average molecular weight is 430 g/mol. The molecule has 1 saturated heterocycles. The van der Waals surface area contributed by atoms with Crippen molar-refractivity contribution < 1.29 is 9.59 Å². The van der Waals surface area contributed by atoms with Gasteiger partial charge in [0.15, 0.2) is 0 Å². The van der Waals surface area contributed by atoms with E-state index in [0.29, 0.717) is 22.9 Å². The molecule has 0 saturated carbocycles. The van der Waals surface area contributed by atoms with Crippen molar-refractivity contribution in [1.82, 2.24) is 14.7 Å². The number of nitrogens with zero attached hydrogens (tertiary/aromatic N) is 4. The molecule has 1 aliphatic rings. The summed E-state index contributed by atoms with van der Waals surface area (Å²) in [6, 6.07) is 17.8. The van der Waals surface area contributed by atoms with Crippen LogP contribution in [0.4, 0.5) is 5.69 Å². The second kappa shape index (κ2) is 9.32. The first-order valence-corrected chi connectivity index (χ1v) is 10.8. The Morgan fingerprint density at radius 1 is 1.16 bits per heavy atom. The van der Waals surface area contributed by atoms with Gasteiger partial charge in [0.05, 0.1) is 29.4 Å². The van der Waals surface area contributed by atoms with Crippen molar-refractivity contribution in [3.8, 4) is 11.8 Å². The van der Waals surface area contributed by atoms with Gasteiger partial charge >= 0.3 is 0 Å². The standard InChI is InChI=1S/C23H19N5O2S/c24-12-17-6-9-19(10-7-17)26-23(30)21-15-31-16-27(21)22(29)11-8-18-13-25-28(14-18)20-4-2-1-3-5-20/h1-11,13-14,21H,15-16H2,(H,26,30)/b11-8+. The first-order chi connectivity index (χ1) is 15.1. The van der Waals surface area contributed by atoms with Gasteiger partial charge in [0.1, 0.15) is 6.04 Å². The molecule has 2 aromatic carbocycles. The molecule has 0 radical (unpaired) electrons. The number of hydrogen-bond donors (Lipinski definition) is 1. The molecule has 0 bridgehead atoms. The Kier molecular flexibility index (Phi) is 6.15. The summed E-state index contributed by atoms with van der Waals surface area (Å²) in [5, 5.41) is 16.0. The van der Waals surface area contributed by atoms with Gasteiger partial charge in [-0.1, -0.05) is 18.2 Å². The molecule has 4 rings (SSSR count). The number of rotatable bonds is 5. The highest BCUT2D eigenvalue weighted by Crippen LogP contribution is 2.23. The van der Waals surface area contributed by atoms with Gasteiger partial charge in [0, 0.05) is 29.3 Å². The van der Waals surface area contributed by atoms with Crippen LogP contribution >= 0.6 is 11.8 Å². The smallest absolute Gasteiger partial charge is 0.248 e. The highest BCUT2D eigenvalue weighted by Gasteiger charge is 2.33. The molecule has 1 aliphatic heterocycles. The van der Waals surface area contributed by atoms with Crippen molar-refractivity contribution in [2.45, 2.75) is 6.04 Å². The lowest BCUT2D eigenvalue weighted by Crippen LogP contribution is -2.43. The van der Waals surface area contributed by atoms with E-state index in [1.807, 2.05) is 42.6 Å². The molecule has 1 N–H and O–H groups in total. The van der Waals surface area contributed by atoms with Crippen LogP contribution in [0.2, 0.25) is 0 Å². The summed E-state index contributed by atoms with van der Waals surface area (Å²) in [6.45, 7) is 0. The number of amides is 2. The van der Waals surface area contributed by atoms with Gasteiger partial charge < -0.3 is 10.2 Å². The Hall–Kier alpha value is -3.83.